The SMILES string of the molecule is COc1cc(Cl)ccc1C(Br)c1ccc(Br)s1. The Morgan fingerprint density at radius 1 is 1.29 bits per heavy atom. The molecule has 2 aromatic rings. The van der Waals surface area contributed by atoms with Crippen LogP contribution < -0.4 is 4.74 Å². The Bertz CT molecular complexity index is 527. The fourth-order valence-electron chi connectivity index (χ4n) is 1.51. The molecule has 0 amide bonds. The van der Waals surface area contributed by atoms with Gasteiger partial charge in [-0.15, -0.1) is 11.3 Å². The van der Waals surface area contributed by atoms with Gasteiger partial charge in [0, 0.05) is 15.5 Å². The lowest BCUT2D eigenvalue weighted by molar-refractivity contribution is 0.410. The van der Waals surface area contributed by atoms with Gasteiger partial charge >= 0.3 is 0 Å². The summed E-state index contributed by atoms with van der Waals surface area (Å²) in [5.74, 6) is 0.795. The summed E-state index contributed by atoms with van der Waals surface area (Å²) in [6.07, 6.45) is 0. The number of ether oxygens (including phenoxy) is 1. The first-order chi connectivity index (χ1) is 8.11. The summed E-state index contributed by atoms with van der Waals surface area (Å²) in [7, 11) is 1.65. The lowest BCUT2D eigenvalue weighted by Gasteiger charge is -2.13. The molecule has 0 saturated heterocycles. The van der Waals surface area contributed by atoms with E-state index in [2.05, 4.69) is 37.9 Å². The van der Waals surface area contributed by atoms with E-state index < -0.39 is 0 Å². The monoisotopic (exact) mass is 394 g/mol. The van der Waals surface area contributed by atoms with E-state index >= 15 is 0 Å². The van der Waals surface area contributed by atoms with Gasteiger partial charge in [0.2, 0.25) is 0 Å². The first-order valence-electron chi connectivity index (χ1n) is 4.84. The van der Waals surface area contributed by atoms with Crippen LogP contribution in [0.15, 0.2) is 34.1 Å². The highest BCUT2D eigenvalue weighted by atomic mass is 79.9. The zero-order chi connectivity index (χ0) is 12.4. The van der Waals surface area contributed by atoms with Crippen molar-refractivity contribution < 1.29 is 4.74 Å². The highest BCUT2D eigenvalue weighted by Crippen LogP contribution is 2.41. The Labute approximate surface area is 126 Å². The van der Waals surface area contributed by atoms with Gasteiger partial charge < -0.3 is 4.74 Å². The average Bonchev–Trinajstić information content (AvgIpc) is 2.75. The van der Waals surface area contributed by atoms with Crippen molar-refractivity contribution in [2.45, 2.75) is 4.83 Å². The summed E-state index contributed by atoms with van der Waals surface area (Å²) in [5, 5.41) is 0.678. The number of benzene rings is 1. The number of hydrogen-bond acceptors (Lipinski definition) is 2. The number of hydrogen-bond donors (Lipinski definition) is 0. The molecule has 90 valence electrons. The van der Waals surface area contributed by atoms with E-state index in [9.17, 15) is 0 Å². The molecule has 0 spiro atoms. The van der Waals surface area contributed by atoms with Crippen molar-refractivity contribution in [1.82, 2.24) is 0 Å². The molecule has 17 heavy (non-hydrogen) atoms. The van der Waals surface area contributed by atoms with E-state index in [1.807, 2.05) is 24.3 Å². The van der Waals surface area contributed by atoms with E-state index in [4.69, 9.17) is 16.3 Å². The Morgan fingerprint density at radius 2 is 2.06 bits per heavy atom. The molecule has 0 fully saturated rings. The van der Waals surface area contributed by atoms with Crippen LogP contribution in [0.4, 0.5) is 0 Å². The molecule has 1 heterocycles. The lowest BCUT2D eigenvalue weighted by Crippen LogP contribution is -1.95. The molecule has 0 radical (unpaired) electrons. The van der Waals surface area contributed by atoms with Gasteiger partial charge in [-0.2, -0.15) is 0 Å². The fourth-order valence-corrected chi connectivity index (χ4v) is 3.91. The van der Waals surface area contributed by atoms with Gasteiger partial charge in [-0.25, -0.2) is 0 Å². The van der Waals surface area contributed by atoms with Crippen LogP contribution in [-0.4, -0.2) is 7.11 Å². The molecule has 0 aliphatic rings. The van der Waals surface area contributed by atoms with Crippen molar-refractivity contribution in [2.75, 3.05) is 7.11 Å². The van der Waals surface area contributed by atoms with Crippen LogP contribution in [0.1, 0.15) is 15.3 Å². The third kappa shape index (κ3) is 3.05. The molecule has 5 heteroatoms. The number of halogens is 3. The first-order valence-corrected chi connectivity index (χ1v) is 7.75. The molecular weight excluding hydrogens is 387 g/mol. The van der Waals surface area contributed by atoms with Gasteiger partial charge in [0.25, 0.3) is 0 Å². The maximum atomic E-state index is 5.95. The fraction of sp³-hybridized carbons (Fsp3) is 0.167. The summed E-state index contributed by atoms with van der Waals surface area (Å²) in [6, 6.07) is 9.80. The molecule has 0 N–H and O–H groups in total. The molecule has 1 aromatic carbocycles. The third-order valence-corrected chi connectivity index (χ3v) is 5.53. The Morgan fingerprint density at radius 3 is 2.65 bits per heavy atom. The minimum Gasteiger partial charge on any atom is -0.496 e. The number of alkyl halides is 1. The standard InChI is InChI=1S/C12H9Br2ClOS/c1-16-9-6-7(15)2-3-8(9)12(14)10-4-5-11(13)17-10/h2-6,12H,1H3. The van der Waals surface area contributed by atoms with Crippen LogP contribution in [-0.2, 0) is 0 Å². The zero-order valence-corrected chi connectivity index (χ0v) is 13.7. The number of thiophene rings is 1. The van der Waals surface area contributed by atoms with Gasteiger partial charge in [-0.1, -0.05) is 33.6 Å². The molecule has 0 saturated carbocycles. The second-order valence-corrected chi connectivity index (χ2v) is 7.24. The Kier molecular flexibility index (Phi) is 4.53. The smallest absolute Gasteiger partial charge is 0.125 e. The highest BCUT2D eigenvalue weighted by molar-refractivity contribution is 9.11. The molecule has 0 aliphatic carbocycles. The number of rotatable bonds is 3. The summed E-state index contributed by atoms with van der Waals surface area (Å²) in [5.41, 5.74) is 1.08. The largest absolute Gasteiger partial charge is 0.496 e. The second kappa shape index (κ2) is 5.74. The van der Waals surface area contributed by atoms with Crippen molar-refractivity contribution in [3.05, 3.63) is 49.6 Å². The van der Waals surface area contributed by atoms with Crippen molar-refractivity contribution in [1.29, 1.82) is 0 Å². The zero-order valence-electron chi connectivity index (χ0n) is 8.91. The van der Waals surface area contributed by atoms with E-state index in [0.29, 0.717) is 5.02 Å². The Balaban J connectivity index is 2.39. The summed E-state index contributed by atoms with van der Waals surface area (Å²) in [6.45, 7) is 0. The maximum absolute atomic E-state index is 5.95. The van der Waals surface area contributed by atoms with Crippen LogP contribution in [0, 0.1) is 0 Å². The third-order valence-electron chi connectivity index (χ3n) is 2.31. The van der Waals surface area contributed by atoms with Crippen molar-refractivity contribution >= 4 is 54.8 Å². The minimum atomic E-state index is 0.117. The molecule has 0 bridgehead atoms. The van der Waals surface area contributed by atoms with Gasteiger partial charge in [-0.3, -0.25) is 0 Å². The van der Waals surface area contributed by atoms with Crippen LogP contribution >= 0.6 is 54.8 Å². The van der Waals surface area contributed by atoms with E-state index in [-0.39, 0.29) is 4.83 Å². The van der Waals surface area contributed by atoms with Crippen LogP contribution in [0.25, 0.3) is 0 Å². The van der Waals surface area contributed by atoms with Crippen molar-refractivity contribution in [2.24, 2.45) is 0 Å². The van der Waals surface area contributed by atoms with Gasteiger partial charge in [0.1, 0.15) is 5.75 Å². The van der Waals surface area contributed by atoms with Gasteiger partial charge in [0.15, 0.2) is 0 Å². The quantitative estimate of drug-likeness (QED) is 0.609. The molecule has 1 nitrogen and oxygen atoms in total. The van der Waals surface area contributed by atoms with Crippen LogP contribution in [0.3, 0.4) is 0 Å². The summed E-state index contributed by atoms with van der Waals surface area (Å²) in [4.78, 5) is 1.34. The summed E-state index contributed by atoms with van der Waals surface area (Å²) < 4.78 is 6.47. The molecular formula is C12H9Br2ClOS. The van der Waals surface area contributed by atoms with Gasteiger partial charge in [-0.05, 0) is 40.2 Å². The Hall–Kier alpha value is -0.0300. The van der Waals surface area contributed by atoms with Crippen LogP contribution in [0.2, 0.25) is 5.02 Å². The van der Waals surface area contributed by atoms with Crippen molar-refractivity contribution in [3.8, 4) is 5.75 Å². The normalized spacial score (nSPS) is 12.5. The summed E-state index contributed by atoms with van der Waals surface area (Å²) >= 11 is 14.8. The molecule has 1 aromatic heterocycles. The molecule has 1 unspecified atom stereocenters. The maximum Gasteiger partial charge on any atom is 0.125 e. The molecule has 2 rings (SSSR count). The van der Waals surface area contributed by atoms with Crippen molar-refractivity contribution in [3.63, 3.8) is 0 Å². The minimum absolute atomic E-state index is 0.117. The lowest BCUT2D eigenvalue weighted by atomic mass is 10.1. The van der Waals surface area contributed by atoms with E-state index in [1.54, 1.807) is 18.4 Å². The van der Waals surface area contributed by atoms with Gasteiger partial charge in [0.05, 0.1) is 15.7 Å². The van der Waals surface area contributed by atoms with Crippen LogP contribution in [0.5, 0.6) is 5.75 Å². The topological polar surface area (TPSA) is 9.23 Å². The van der Waals surface area contributed by atoms with E-state index in [0.717, 1.165) is 15.1 Å². The predicted octanol–water partition coefficient (Wildman–Crippen LogP) is 5.66. The predicted molar refractivity (Wildman–Crippen MR) is 80.8 cm³/mol. The molecule has 0 aliphatic heterocycles. The number of methoxy groups -OCH3 is 1. The average molecular weight is 397 g/mol. The van der Waals surface area contributed by atoms with E-state index in [1.165, 1.54) is 4.88 Å². The molecule has 1 atom stereocenters. The first kappa shape index (κ1) is 13.4. The highest BCUT2D eigenvalue weighted by Gasteiger charge is 2.17. The second-order valence-electron chi connectivity index (χ2n) is 3.39.